The van der Waals surface area contributed by atoms with E-state index in [2.05, 4.69) is 21.2 Å². The molecule has 11 nitrogen and oxygen atoms in total. The van der Waals surface area contributed by atoms with Gasteiger partial charge in [0.1, 0.15) is 30.5 Å². The molecule has 0 aromatic heterocycles. The number of nitrogens with one attached hydrogen (secondary N) is 1. The van der Waals surface area contributed by atoms with Gasteiger partial charge in [-0.25, -0.2) is 0 Å². The number of hydrogen-bond acceptors (Lipinski definition) is 10. The highest BCUT2D eigenvalue weighted by Gasteiger charge is 2.48. The van der Waals surface area contributed by atoms with Crippen molar-refractivity contribution in [2.24, 2.45) is 17.2 Å². The molecule has 0 aromatic rings. The minimum absolute atomic E-state index is 0.0685. The Kier molecular flexibility index (Phi) is 7.73. The first-order valence-corrected chi connectivity index (χ1v) is 9.42. The number of carbonyl (C=O) groups excluding carboxylic acids is 1. The van der Waals surface area contributed by atoms with Gasteiger partial charge in [0.15, 0.2) is 6.29 Å². The molecule has 1 saturated carbocycles. The van der Waals surface area contributed by atoms with Crippen molar-refractivity contribution in [3.8, 4) is 0 Å². The Morgan fingerprint density at radius 3 is 2.35 bits per heavy atom. The molecule has 1 saturated heterocycles. The summed E-state index contributed by atoms with van der Waals surface area (Å²) in [5.41, 5.74) is 17.5. The molecular weight excluding hydrogens is 416 g/mol. The number of nitrogens with two attached hydrogens (primary N) is 3. The standard InChI is InChI=1S/C14H27BrN4O7/c15-2-7(20)19-3-6-10(22)11(23)8(18)14(25-6)26-13-5(17)1-4(16)9(21)12(13)24/h4-6,8-14,21-24H,1-3,16-18H2,(H,19,20)/t4-,5+,6-,8-,9+,10-,11-,12-,13?,14-/m1/s1. The lowest BCUT2D eigenvalue weighted by Gasteiger charge is -2.45. The number of ether oxygens (including phenoxy) is 2. The van der Waals surface area contributed by atoms with Gasteiger partial charge in [-0.3, -0.25) is 4.79 Å². The van der Waals surface area contributed by atoms with Crippen LogP contribution in [0.1, 0.15) is 6.42 Å². The Hall–Kier alpha value is -0.410. The predicted molar refractivity (Wildman–Crippen MR) is 92.9 cm³/mol. The molecule has 11 N–H and O–H groups in total. The van der Waals surface area contributed by atoms with E-state index in [1.807, 2.05) is 0 Å². The molecular formula is C14H27BrN4O7. The second kappa shape index (κ2) is 9.19. The van der Waals surface area contributed by atoms with Gasteiger partial charge in [-0.1, -0.05) is 15.9 Å². The van der Waals surface area contributed by atoms with Gasteiger partial charge in [-0.05, 0) is 6.42 Å². The molecule has 0 radical (unpaired) electrons. The number of aliphatic hydroxyl groups is 4. The van der Waals surface area contributed by atoms with Crippen molar-refractivity contribution in [2.45, 2.75) is 67.5 Å². The fourth-order valence-corrected chi connectivity index (χ4v) is 3.33. The molecule has 1 aliphatic heterocycles. The molecule has 12 heteroatoms. The Morgan fingerprint density at radius 2 is 1.73 bits per heavy atom. The first-order valence-electron chi connectivity index (χ1n) is 8.30. The van der Waals surface area contributed by atoms with E-state index in [0.29, 0.717) is 0 Å². The minimum Gasteiger partial charge on any atom is -0.389 e. The third kappa shape index (κ3) is 4.70. The lowest BCUT2D eigenvalue weighted by atomic mass is 9.84. The molecule has 2 aliphatic rings. The van der Waals surface area contributed by atoms with Crippen molar-refractivity contribution in [2.75, 3.05) is 11.9 Å². The molecule has 1 unspecified atom stereocenters. The van der Waals surface area contributed by atoms with Crippen molar-refractivity contribution in [3.05, 3.63) is 0 Å². The van der Waals surface area contributed by atoms with Crippen LogP contribution in [-0.2, 0) is 14.3 Å². The number of rotatable bonds is 5. The van der Waals surface area contributed by atoms with E-state index in [0.717, 1.165) is 0 Å². The first-order chi connectivity index (χ1) is 12.2. The zero-order valence-corrected chi connectivity index (χ0v) is 15.6. The quantitative estimate of drug-likeness (QED) is 0.191. The maximum Gasteiger partial charge on any atom is 0.230 e. The van der Waals surface area contributed by atoms with Gasteiger partial charge < -0.3 is 52.4 Å². The number of halogens is 1. The molecule has 1 aliphatic carbocycles. The van der Waals surface area contributed by atoms with E-state index in [-0.39, 0.29) is 24.2 Å². The third-order valence-electron chi connectivity index (χ3n) is 4.75. The minimum atomic E-state index is -1.39. The highest BCUT2D eigenvalue weighted by molar-refractivity contribution is 9.09. The molecule has 152 valence electrons. The average molecular weight is 443 g/mol. The van der Waals surface area contributed by atoms with Gasteiger partial charge in [0.2, 0.25) is 5.91 Å². The highest BCUT2D eigenvalue weighted by Crippen LogP contribution is 2.27. The third-order valence-corrected chi connectivity index (χ3v) is 5.26. The molecule has 1 heterocycles. The topological polar surface area (TPSA) is 207 Å². The molecule has 0 bridgehead atoms. The normalized spacial score (nSPS) is 46.8. The number of alkyl halides is 1. The van der Waals surface area contributed by atoms with Crippen LogP contribution in [0.25, 0.3) is 0 Å². The van der Waals surface area contributed by atoms with Gasteiger partial charge >= 0.3 is 0 Å². The van der Waals surface area contributed by atoms with Crippen molar-refractivity contribution in [1.29, 1.82) is 0 Å². The summed E-state index contributed by atoms with van der Waals surface area (Å²) in [4.78, 5) is 11.4. The summed E-state index contributed by atoms with van der Waals surface area (Å²) < 4.78 is 11.2. The Morgan fingerprint density at radius 1 is 1.08 bits per heavy atom. The van der Waals surface area contributed by atoms with Crippen molar-refractivity contribution in [3.63, 3.8) is 0 Å². The molecule has 0 aromatic carbocycles. The van der Waals surface area contributed by atoms with Crippen LogP contribution in [0.3, 0.4) is 0 Å². The summed E-state index contributed by atoms with van der Waals surface area (Å²) in [6.07, 6.45) is -8.34. The first kappa shape index (κ1) is 21.9. The largest absolute Gasteiger partial charge is 0.389 e. The molecule has 1 amide bonds. The fraction of sp³-hybridized carbons (Fsp3) is 0.929. The number of aliphatic hydroxyl groups excluding tert-OH is 4. The van der Waals surface area contributed by atoms with Crippen LogP contribution in [0.2, 0.25) is 0 Å². The van der Waals surface area contributed by atoms with Gasteiger partial charge in [0.05, 0.1) is 17.5 Å². The monoisotopic (exact) mass is 442 g/mol. The van der Waals surface area contributed by atoms with Crippen molar-refractivity contribution >= 4 is 21.8 Å². The zero-order valence-electron chi connectivity index (χ0n) is 14.0. The van der Waals surface area contributed by atoms with E-state index in [1.54, 1.807) is 0 Å². The maximum atomic E-state index is 11.4. The van der Waals surface area contributed by atoms with Crippen LogP contribution >= 0.6 is 15.9 Å². The highest BCUT2D eigenvalue weighted by atomic mass is 79.9. The van der Waals surface area contributed by atoms with Crippen molar-refractivity contribution in [1.82, 2.24) is 5.32 Å². The van der Waals surface area contributed by atoms with Gasteiger partial charge in [-0.15, -0.1) is 0 Å². The number of amides is 1. The van der Waals surface area contributed by atoms with Crippen LogP contribution < -0.4 is 22.5 Å². The second-order valence-corrected chi connectivity index (χ2v) is 7.25. The van der Waals surface area contributed by atoms with Crippen LogP contribution in [0.5, 0.6) is 0 Å². The maximum absolute atomic E-state index is 11.4. The van der Waals surface area contributed by atoms with E-state index < -0.39 is 61.0 Å². The zero-order chi connectivity index (χ0) is 19.6. The van der Waals surface area contributed by atoms with Crippen LogP contribution in [-0.4, -0.2) is 99.2 Å². The summed E-state index contributed by atoms with van der Waals surface area (Å²) in [7, 11) is 0. The van der Waals surface area contributed by atoms with E-state index in [9.17, 15) is 25.2 Å². The van der Waals surface area contributed by atoms with Gasteiger partial charge in [0, 0.05) is 18.6 Å². The number of carbonyl (C=O) groups is 1. The van der Waals surface area contributed by atoms with Crippen LogP contribution in [0.15, 0.2) is 0 Å². The van der Waals surface area contributed by atoms with E-state index in [4.69, 9.17) is 26.7 Å². The summed E-state index contributed by atoms with van der Waals surface area (Å²) in [6.45, 7) is -0.0813. The summed E-state index contributed by atoms with van der Waals surface area (Å²) >= 11 is 2.99. The van der Waals surface area contributed by atoms with E-state index in [1.165, 1.54) is 0 Å². The van der Waals surface area contributed by atoms with Gasteiger partial charge in [-0.2, -0.15) is 0 Å². The van der Waals surface area contributed by atoms with E-state index >= 15 is 0 Å². The lowest BCUT2D eigenvalue weighted by molar-refractivity contribution is -0.288. The lowest BCUT2D eigenvalue weighted by Crippen LogP contribution is -2.67. The summed E-state index contributed by atoms with van der Waals surface area (Å²) in [5.74, 6) is -0.329. The molecule has 0 spiro atoms. The van der Waals surface area contributed by atoms with Crippen LogP contribution in [0.4, 0.5) is 0 Å². The Labute approximate surface area is 158 Å². The molecule has 26 heavy (non-hydrogen) atoms. The SMILES string of the molecule is N[C@H]1[C@@H](OC2[C@@H](N)C[C@@H](N)[C@H](O)[C@H]2O)O[C@H](CNC(=O)CBr)[C@@H](O)[C@@H]1O. The smallest absolute Gasteiger partial charge is 0.230 e. The Bertz CT molecular complexity index is 490. The van der Waals surface area contributed by atoms with Crippen molar-refractivity contribution < 1.29 is 34.7 Å². The molecule has 2 fully saturated rings. The average Bonchev–Trinajstić information content (AvgIpc) is 2.61. The Balaban J connectivity index is 2.05. The predicted octanol–water partition coefficient (Wildman–Crippen LogP) is -4.56. The van der Waals surface area contributed by atoms with Gasteiger partial charge in [0.25, 0.3) is 0 Å². The molecule has 10 atom stereocenters. The summed E-state index contributed by atoms with van der Waals surface area (Å²) in [5, 5.41) is 42.9. The second-order valence-electron chi connectivity index (χ2n) is 6.68. The fourth-order valence-electron chi connectivity index (χ4n) is 3.13. The van der Waals surface area contributed by atoms with Crippen LogP contribution in [0, 0.1) is 0 Å². The summed E-state index contributed by atoms with van der Waals surface area (Å²) in [6, 6.07) is -2.50. The molecule has 2 rings (SSSR count). The number of hydrogen-bond donors (Lipinski definition) is 8.